The first-order valence-corrected chi connectivity index (χ1v) is 8.28. The fourth-order valence-electron chi connectivity index (χ4n) is 2.13. The molecule has 0 aliphatic heterocycles. The molecular weight excluding hydrogens is 296 g/mol. The number of nitrogens with zero attached hydrogens (tertiary/aromatic N) is 1. The van der Waals surface area contributed by atoms with Crippen LogP contribution in [0, 0.1) is 6.92 Å². The van der Waals surface area contributed by atoms with Gasteiger partial charge in [0.25, 0.3) is 0 Å². The van der Waals surface area contributed by atoms with Gasteiger partial charge in [0.1, 0.15) is 0 Å². The zero-order valence-corrected chi connectivity index (χ0v) is 13.5. The van der Waals surface area contributed by atoms with E-state index < -0.39 is 0 Å². The van der Waals surface area contributed by atoms with Gasteiger partial charge in [0, 0.05) is 22.8 Å². The third-order valence-corrected chi connectivity index (χ3v) is 4.39. The van der Waals surface area contributed by atoms with Crippen LogP contribution in [0.2, 0.25) is 0 Å². The number of rotatable bonds is 5. The summed E-state index contributed by atoms with van der Waals surface area (Å²) in [6.07, 6.45) is 4.04. The molecule has 1 unspecified atom stereocenters. The lowest BCUT2D eigenvalue weighted by atomic mass is 10.1. The molecule has 1 heterocycles. The van der Waals surface area contributed by atoms with Gasteiger partial charge in [-0.1, -0.05) is 12.1 Å². The highest BCUT2D eigenvalue weighted by Gasteiger charge is 2.23. The van der Waals surface area contributed by atoms with Crippen molar-refractivity contribution in [3.63, 3.8) is 0 Å². The molecule has 1 atom stereocenters. The highest BCUT2D eigenvalue weighted by molar-refractivity contribution is 7.15. The molecule has 6 heteroatoms. The molecule has 5 nitrogen and oxygen atoms in total. The van der Waals surface area contributed by atoms with Gasteiger partial charge in [-0.15, -0.1) is 11.3 Å². The van der Waals surface area contributed by atoms with Crippen LogP contribution in [-0.2, 0) is 0 Å². The van der Waals surface area contributed by atoms with Crippen LogP contribution in [0.3, 0.4) is 0 Å². The Morgan fingerprint density at radius 2 is 2.05 bits per heavy atom. The number of benzene rings is 1. The molecule has 1 saturated carbocycles. The van der Waals surface area contributed by atoms with Crippen molar-refractivity contribution in [1.82, 2.24) is 10.3 Å². The fraction of sp³-hybridized carbons (Fsp3) is 0.375. The number of thiazole rings is 1. The zero-order chi connectivity index (χ0) is 15.5. The number of anilines is 2. The van der Waals surface area contributed by atoms with Crippen LogP contribution in [0.15, 0.2) is 30.5 Å². The van der Waals surface area contributed by atoms with E-state index in [0.29, 0.717) is 6.04 Å². The molecule has 1 aromatic carbocycles. The highest BCUT2D eigenvalue weighted by Crippen LogP contribution is 2.24. The van der Waals surface area contributed by atoms with E-state index in [1.165, 1.54) is 4.88 Å². The summed E-state index contributed by atoms with van der Waals surface area (Å²) in [5.74, 6) is 0. The van der Waals surface area contributed by atoms with Crippen molar-refractivity contribution in [2.24, 2.45) is 0 Å². The Bertz CT molecular complexity index is 648. The second-order valence-electron chi connectivity index (χ2n) is 5.64. The lowest BCUT2D eigenvalue weighted by Crippen LogP contribution is -2.30. The van der Waals surface area contributed by atoms with E-state index in [0.717, 1.165) is 29.2 Å². The molecule has 0 spiro atoms. The maximum atomic E-state index is 11.7. The Kier molecular flexibility index (Phi) is 4.29. The average molecular weight is 316 g/mol. The molecule has 1 aliphatic rings. The summed E-state index contributed by atoms with van der Waals surface area (Å²) in [5, 5.41) is 10.1. The highest BCUT2D eigenvalue weighted by atomic mass is 32.1. The summed E-state index contributed by atoms with van der Waals surface area (Å²) in [6, 6.07) is 8.29. The minimum absolute atomic E-state index is 0.125. The molecule has 0 saturated heterocycles. The molecule has 2 amide bonds. The maximum Gasteiger partial charge on any atom is 0.319 e. The van der Waals surface area contributed by atoms with E-state index in [1.807, 2.05) is 37.4 Å². The largest absolute Gasteiger partial charge is 0.355 e. The minimum Gasteiger partial charge on any atom is -0.355 e. The summed E-state index contributed by atoms with van der Waals surface area (Å²) >= 11 is 1.65. The van der Waals surface area contributed by atoms with Gasteiger partial charge >= 0.3 is 6.03 Å². The molecule has 22 heavy (non-hydrogen) atoms. The molecule has 116 valence electrons. The normalized spacial score (nSPS) is 15.2. The molecule has 3 rings (SSSR count). The van der Waals surface area contributed by atoms with Crippen molar-refractivity contribution in [1.29, 1.82) is 0 Å². The number of aromatic nitrogens is 1. The van der Waals surface area contributed by atoms with Crippen LogP contribution in [0.5, 0.6) is 0 Å². The second-order valence-corrected chi connectivity index (χ2v) is 6.87. The van der Waals surface area contributed by atoms with Crippen LogP contribution in [0.4, 0.5) is 15.6 Å². The van der Waals surface area contributed by atoms with E-state index in [2.05, 4.69) is 27.9 Å². The third-order valence-electron chi connectivity index (χ3n) is 3.54. The van der Waals surface area contributed by atoms with Crippen LogP contribution in [0.1, 0.15) is 36.2 Å². The quantitative estimate of drug-likeness (QED) is 0.783. The monoisotopic (exact) mass is 316 g/mol. The fourth-order valence-corrected chi connectivity index (χ4v) is 2.88. The predicted octanol–water partition coefficient (Wildman–Crippen LogP) is 3.91. The van der Waals surface area contributed by atoms with Gasteiger partial charge in [-0.25, -0.2) is 9.78 Å². The minimum atomic E-state index is -0.125. The number of urea groups is 1. The smallest absolute Gasteiger partial charge is 0.319 e. The molecule has 1 fully saturated rings. The maximum absolute atomic E-state index is 11.7. The first kappa shape index (κ1) is 14.8. The number of hydrogen-bond donors (Lipinski definition) is 3. The Morgan fingerprint density at radius 3 is 2.64 bits per heavy atom. The van der Waals surface area contributed by atoms with Crippen LogP contribution >= 0.6 is 11.3 Å². The van der Waals surface area contributed by atoms with Gasteiger partial charge in [-0.05, 0) is 44.4 Å². The Balaban J connectivity index is 1.56. The zero-order valence-electron chi connectivity index (χ0n) is 12.7. The van der Waals surface area contributed by atoms with Crippen molar-refractivity contribution < 1.29 is 4.79 Å². The van der Waals surface area contributed by atoms with Gasteiger partial charge in [0.05, 0.1) is 6.04 Å². The van der Waals surface area contributed by atoms with Crippen molar-refractivity contribution in [3.8, 4) is 0 Å². The standard InChI is InChI=1S/C16H20N4OS/c1-10-9-17-16(22-10)18-11(2)12-3-5-13(6-4-12)19-15(21)20-14-7-8-14/h3-6,9,11,14H,7-8H2,1-2H3,(H,17,18)(H2,19,20,21). The summed E-state index contributed by atoms with van der Waals surface area (Å²) in [5.41, 5.74) is 1.96. The van der Waals surface area contributed by atoms with Gasteiger partial charge in [-0.2, -0.15) is 0 Å². The van der Waals surface area contributed by atoms with Crippen LogP contribution in [-0.4, -0.2) is 17.1 Å². The van der Waals surface area contributed by atoms with Crippen LogP contribution < -0.4 is 16.0 Å². The third kappa shape index (κ3) is 3.98. The topological polar surface area (TPSA) is 66.0 Å². The number of amides is 2. The molecule has 3 N–H and O–H groups in total. The second kappa shape index (κ2) is 6.36. The van der Waals surface area contributed by atoms with Crippen molar-refractivity contribution in [3.05, 3.63) is 40.9 Å². The molecular formula is C16H20N4OS. The van der Waals surface area contributed by atoms with Gasteiger partial charge in [0.15, 0.2) is 5.13 Å². The number of nitrogens with one attached hydrogen (secondary N) is 3. The lowest BCUT2D eigenvalue weighted by Gasteiger charge is -2.14. The van der Waals surface area contributed by atoms with Gasteiger partial charge < -0.3 is 16.0 Å². The molecule has 0 radical (unpaired) electrons. The number of carbonyl (C=O) groups excluding carboxylic acids is 1. The Hall–Kier alpha value is -2.08. The van der Waals surface area contributed by atoms with Crippen LogP contribution in [0.25, 0.3) is 0 Å². The number of carbonyl (C=O) groups is 1. The number of hydrogen-bond acceptors (Lipinski definition) is 4. The summed E-state index contributed by atoms with van der Waals surface area (Å²) in [6.45, 7) is 4.14. The lowest BCUT2D eigenvalue weighted by molar-refractivity contribution is 0.251. The van der Waals surface area contributed by atoms with E-state index in [9.17, 15) is 4.79 Å². The van der Waals surface area contributed by atoms with Gasteiger partial charge in [0.2, 0.25) is 0 Å². The van der Waals surface area contributed by atoms with E-state index >= 15 is 0 Å². The first-order chi connectivity index (χ1) is 10.6. The average Bonchev–Trinajstić information content (AvgIpc) is 3.20. The molecule has 0 bridgehead atoms. The summed E-state index contributed by atoms with van der Waals surface area (Å²) in [7, 11) is 0. The van der Waals surface area contributed by atoms with Gasteiger partial charge in [-0.3, -0.25) is 0 Å². The summed E-state index contributed by atoms with van der Waals surface area (Å²) in [4.78, 5) is 17.2. The van der Waals surface area contributed by atoms with E-state index in [-0.39, 0.29) is 12.1 Å². The van der Waals surface area contributed by atoms with E-state index in [1.54, 1.807) is 11.3 Å². The predicted molar refractivity (Wildman–Crippen MR) is 90.5 cm³/mol. The van der Waals surface area contributed by atoms with Crippen molar-refractivity contribution in [2.45, 2.75) is 38.8 Å². The molecule has 1 aromatic heterocycles. The first-order valence-electron chi connectivity index (χ1n) is 7.46. The van der Waals surface area contributed by atoms with E-state index in [4.69, 9.17) is 0 Å². The van der Waals surface area contributed by atoms with Crippen molar-refractivity contribution in [2.75, 3.05) is 10.6 Å². The van der Waals surface area contributed by atoms with Crippen molar-refractivity contribution >= 4 is 28.2 Å². The SMILES string of the molecule is Cc1cnc(NC(C)c2ccc(NC(=O)NC3CC3)cc2)s1. The number of aryl methyl sites for hydroxylation is 1. The Morgan fingerprint density at radius 1 is 1.32 bits per heavy atom. The Labute approximate surface area is 134 Å². The summed E-state index contributed by atoms with van der Waals surface area (Å²) < 4.78 is 0. The molecule has 1 aliphatic carbocycles. The molecule has 2 aromatic rings.